The molecule has 1 aromatic heterocycles. The van der Waals surface area contributed by atoms with Crippen molar-refractivity contribution in [3.63, 3.8) is 0 Å². The lowest BCUT2D eigenvalue weighted by atomic mass is 10.0. The molecular formula is C17H22N2O. The van der Waals surface area contributed by atoms with E-state index >= 15 is 0 Å². The Balaban J connectivity index is 2.13. The van der Waals surface area contributed by atoms with Gasteiger partial charge in [0.15, 0.2) is 0 Å². The Bertz CT molecular complexity index is 540. The summed E-state index contributed by atoms with van der Waals surface area (Å²) in [5.74, 6) is 0.959. The lowest BCUT2D eigenvalue weighted by molar-refractivity contribution is 0.299. The zero-order valence-electron chi connectivity index (χ0n) is 12.2. The third kappa shape index (κ3) is 3.81. The Morgan fingerprint density at radius 1 is 1.25 bits per heavy atom. The normalized spacial score (nSPS) is 12.2. The molecule has 0 saturated carbocycles. The minimum Gasteiger partial charge on any atom is -0.488 e. The molecule has 3 heteroatoms. The highest BCUT2D eigenvalue weighted by Crippen LogP contribution is 2.25. The number of rotatable bonds is 6. The molecule has 0 bridgehead atoms. The molecule has 0 fully saturated rings. The van der Waals surface area contributed by atoms with Gasteiger partial charge in [-0.2, -0.15) is 0 Å². The van der Waals surface area contributed by atoms with Crippen LogP contribution in [0.3, 0.4) is 0 Å². The molecule has 0 aliphatic heterocycles. The number of benzene rings is 1. The topological polar surface area (TPSA) is 48.1 Å². The summed E-state index contributed by atoms with van der Waals surface area (Å²) in [6.45, 7) is 4.71. The third-order valence-corrected chi connectivity index (χ3v) is 3.41. The second-order valence-corrected chi connectivity index (χ2v) is 5.09. The molecule has 0 saturated heterocycles. The number of aromatic nitrogens is 1. The minimum absolute atomic E-state index is 0.178. The van der Waals surface area contributed by atoms with E-state index in [1.165, 1.54) is 5.56 Å². The number of hydrogen-bond acceptors (Lipinski definition) is 3. The molecule has 0 amide bonds. The standard InChI is InChI=1S/C17H22N2O/c1-3-16(18)10-15-8-4-6-13(2)17(15)20-12-14-7-5-9-19-11-14/h4-9,11,16H,3,10,12,18H2,1-2H3. The molecule has 106 valence electrons. The van der Waals surface area contributed by atoms with Crippen LogP contribution in [0, 0.1) is 6.92 Å². The fourth-order valence-corrected chi connectivity index (χ4v) is 2.15. The lowest BCUT2D eigenvalue weighted by Gasteiger charge is -2.16. The number of aryl methyl sites for hydroxylation is 1. The van der Waals surface area contributed by atoms with E-state index in [4.69, 9.17) is 10.5 Å². The molecule has 1 heterocycles. The van der Waals surface area contributed by atoms with Crippen LogP contribution in [-0.2, 0) is 13.0 Å². The predicted octanol–water partition coefficient (Wildman–Crippen LogP) is 3.25. The van der Waals surface area contributed by atoms with Crippen molar-refractivity contribution in [2.75, 3.05) is 0 Å². The number of nitrogens with two attached hydrogens (primary N) is 1. The van der Waals surface area contributed by atoms with Crippen molar-refractivity contribution in [2.45, 2.75) is 39.3 Å². The van der Waals surface area contributed by atoms with Crippen LogP contribution in [0.25, 0.3) is 0 Å². The van der Waals surface area contributed by atoms with Gasteiger partial charge in [0, 0.05) is 24.0 Å². The van der Waals surface area contributed by atoms with Crippen molar-refractivity contribution >= 4 is 0 Å². The summed E-state index contributed by atoms with van der Waals surface area (Å²) in [4.78, 5) is 4.10. The SMILES string of the molecule is CCC(N)Cc1cccc(C)c1OCc1cccnc1. The van der Waals surface area contributed by atoms with Gasteiger partial charge in [-0.1, -0.05) is 31.2 Å². The fraction of sp³-hybridized carbons (Fsp3) is 0.353. The van der Waals surface area contributed by atoms with Crippen LogP contribution in [0.15, 0.2) is 42.7 Å². The van der Waals surface area contributed by atoms with Crippen LogP contribution in [0.5, 0.6) is 5.75 Å². The van der Waals surface area contributed by atoms with Gasteiger partial charge in [0.05, 0.1) is 0 Å². The molecule has 1 unspecified atom stereocenters. The summed E-state index contributed by atoms with van der Waals surface area (Å²) < 4.78 is 6.00. The molecule has 3 nitrogen and oxygen atoms in total. The number of nitrogens with zero attached hydrogens (tertiary/aromatic N) is 1. The Kier molecular flexibility index (Phi) is 5.13. The van der Waals surface area contributed by atoms with Crippen molar-refractivity contribution < 1.29 is 4.74 Å². The first kappa shape index (κ1) is 14.5. The van der Waals surface area contributed by atoms with Crippen LogP contribution in [0.1, 0.15) is 30.0 Å². The average Bonchev–Trinajstić information content (AvgIpc) is 2.47. The molecule has 0 spiro atoms. The van der Waals surface area contributed by atoms with Crippen LogP contribution < -0.4 is 10.5 Å². The summed E-state index contributed by atoms with van der Waals surface area (Å²) in [6.07, 6.45) is 5.41. The minimum atomic E-state index is 0.178. The van der Waals surface area contributed by atoms with Gasteiger partial charge in [-0.25, -0.2) is 0 Å². The number of pyridine rings is 1. The molecule has 0 aliphatic rings. The molecule has 0 aliphatic carbocycles. The van der Waals surface area contributed by atoms with E-state index in [0.29, 0.717) is 6.61 Å². The summed E-state index contributed by atoms with van der Waals surface area (Å²) in [5, 5.41) is 0. The van der Waals surface area contributed by atoms with Gasteiger partial charge in [0.1, 0.15) is 12.4 Å². The largest absolute Gasteiger partial charge is 0.488 e. The highest BCUT2D eigenvalue weighted by atomic mass is 16.5. The lowest BCUT2D eigenvalue weighted by Crippen LogP contribution is -2.21. The first-order valence-electron chi connectivity index (χ1n) is 7.06. The van der Waals surface area contributed by atoms with E-state index in [2.05, 4.69) is 37.0 Å². The van der Waals surface area contributed by atoms with Gasteiger partial charge >= 0.3 is 0 Å². The highest BCUT2D eigenvalue weighted by molar-refractivity contribution is 5.41. The maximum atomic E-state index is 6.07. The summed E-state index contributed by atoms with van der Waals surface area (Å²) in [6, 6.07) is 10.3. The highest BCUT2D eigenvalue weighted by Gasteiger charge is 2.10. The van der Waals surface area contributed by atoms with Gasteiger partial charge in [-0.05, 0) is 37.0 Å². The maximum absolute atomic E-state index is 6.07. The molecule has 2 rings (SSSR count). The molecule has 2 N–H and O–H groups in total. The van der Waals surface area contributed by atoms with Crippen molar-refractivity contribution in [3.8, 4) is 5.75 Å². The van der Waals surface area contributed by atoms with E-state index in [1.54, 1.807) is 6.20 Å². The van der Waals surface area contributed by atoms with Gasteiger partial charge in [-0.3, -0.25) is 4.98 Å². The van der Waals surface area contributed by atoms with Crippen molar-refractivity contribution in [1.82, 2.24) is 4.98 Å². The van der Waals surface area contributed by atoms with Gasteiger partial charge < -0.3 is 10.5 Å². The van der Waals surface area contributed by atoms with Gasteiger partial charge in [-0.15, -0.1) is 0 Å². The van der Waals surface area contributed by atoms with Crippen LogP contribution >= 0.6 is 0 Å². The molecule has 2 aromatic rings. The zero-order chi connectivity index (χ0) is 14.4. The fourth-order valence-electron chi connectivity index (χ4n) is 2.15. The number of para-hydroxylation sites is 1. The van der Waals surface area contributed by atoms with Crippen LogP contribution in [0.4, 0.5) is 0 Å². The van der Waals surface area contributed by atoms with E-state index < -0.39 is 0 Å². The van der Waals surface area contributed by atoms with E-state index in [0.717, 1.165) is 29.7 Å². The second kappa shape index (κ2) is 7.06. The summed E-state index contributed by atoms with van der Waals surface area (Å²) in [7, 11) is 0. The van der Waals surface area contributed by atoms with Gasteiger partial charge in [0.2, 0.25) is 0 Å². The molecular weight excluding hydrogens is 248 g/mol. The first-order valence-corrected chi connectivity index (χ1v) is 7.06. The average molecular weight is 270 g/mol. The zero-order valence-corrected chi connectivity index (χ0v) is 12.2. The van der Waals surface area contributed by atoms with Crippen molar-refractivity contribution in [3.05, 3.63) is 59.4 Å². The molecule has 1 atom stereocenters. The Labute approximate surface area is 120 Å². The monoisotopic (exact) mass is 270 g/mol. The Morgan fingerprint density at radius 2 is 2.10 bits per heavy atom. The van der Waals surface area contributed by atoms with Gasteiger partial charge in [0.25, 0.3) is 0 Å². The summed E-state index contributed by atoms with van der Waals surface area (Å²) in [5.41, 5.74) is 9.47. The van der Waals surface area contributed by atoms with E-state index in [1.807, 2.05) is 18.3 Å². The first-order chi connectivity index (χ1) is 9.70. The van der Waals surface area contributed by atoms with E-state index in [-0.39, 0.29) is 6.04 Å². The number of ether oxygens (including phenoxy) is 1. The quantitative estimate of drug-likeness (QED) is 0.876. The third-order valence-electron chi connectivity index (χ3n) is 3.41. The van der Waals surface area contributed by atoms with Crippen LogP contribution in [0.2, 0.25) is 0 Å². The molecule has 20 heavy (non-hydrogen) atoms. The van der Waals surface area contributed by atoms with Crippen molar-refractivity contribution in [2.24, 2.45) is 5.73 Å². The molecule has 0 radical (unpaired) electrons. The summed E-state index contributed by atoms with van der Waals surface area (Å²) >= 11 is 0. The Morgan fingerprint density at radius 3 is 2.80 bits per heavy atom. The maximum Gasteiger partial charge on any atom is 0.125 e. The van der Waals surface area contributed by atoms with E-state index in [9.17, 15) is 0 Å². The van der Waals surface area contributed by atoms with Crippen LogP contribution in [-0.4, -0.2) is 11.0 Å². The second-order valence-electron chi connectivity index (χ2n) is 5.09. The Hall–Kier alpha value is -1.87. The smallest absolute Gasteiger partial charge is 0.125 e. The molecule has 1 aromatic carbocycles. The predicted molar refractivity (Wildman–Crippen MR) is 81.7 cm³/mol. The van der Waals surface area contributed by atoms with Crippen molar-refractivity contribution in [1.29, 1.82) is 0 Å². The number of hydrogen-bond donors (Lipinski definition) is 1.